The fraction of sp³-hybridized carbons (Fsp3) is 0.200. The lowest BCUT2D eigenvalue weighted by molar-refractivity contribution is 0.0464. The number of anilines is 2. The van der Waals surface area contributed by atoms with Gasteiger partial charge in [0, 0.05) is 11.6 Å². The van der Waals surface area contributed by atoms with E-state index in [1.54, 1.807) is 16.9 Å². The number of nitrogen functional groups attached to an aromatic ring is 2. The summed E-state index contributed by atoms with van der Waals surface area (Å²) < 4.78 is 7.19. The van der Waals surface area contributed by atoms with Crippen LogP contribution in [0.15, 0.2) is 42.6 Å². The van der Waals surface area contributed by atoms with E-state index in [0.29, 0.717) is 22.3 Å². The van der Waals surface area contributed by atoms with E-state index in [0.717, 1.165) is 5.56 Å². The molecule has 0 spiro atoms. The van der Waals surface area contributed by atoms with E-state index >= 15 is 0 Å². The SMILES string of the molecule is CC(C)n1ncc2c(C(=O)OCc3nc(N)nc(N)n3)cc(-c3ccccc3)nc21. The second-order valence-electron chi connectivity index (χ2n) is 6.89. The molecule has 0 unspecified atom stereocenters. The Labute approximate surface area is 171 Å². The highest BCUT2D eigenvalue weighted by atomic mass is 16.5. The van der Waals surface area contributed by atoms with Gasteiger partial charge in [0.15, 0.2) is 18.1 Å². The number of carbonyl (C=O) groups excluding carboxylic acids is 1. The van der Waals surface area contributed by atoms with Crippen molar-refractivity contribution >= 4 is 28.9 Å². The molecular formula is C20H20N8O2. The number of hydrogen-bond acceptors (Lipinski definition) is 9. The Morgan fingerprint density at radius 1 is 1.07 bits per heavy atom. The number of pyridine rings is 1. The maximum atomic E-state index is 12.9. The molecule has 4 N–H and O–H groups in total. The number of benzene rings is 1. The van der Waals surface area contributed by atoms with Gasteiger partial charge in [-0.1, -0.05) is 30.3 Å². The molecule has 3 heterocycles. The molecule has 152 valence electrons. The second kappa shape index (κ2) is 7.74. The first kappa shape index (κ1) is 19.2. The first-order valence-electron chi connectivity index (χ1n) is 9.29. The fourth-order valence-electron chi connectivity index (χ4n) is 3.05. The van der Waals surface area contributed by atoms with Crippen LogP contribution in [0.1, 0.15) is 36.1 Å². The molecule has 0 aliphatic rings. The molecule has 0 aliphatic carbocycles. The Bertz CT molecular complexity index is 1200. The Morgan fingerprint density at radius 2 is 1.77 bits per heavy atom. The smallest absolute Gasteiger partial charge is 0.339 e. The Balaban J connectivity index is 1.74. The molecule has 0 saturated heterocycles. The van der Waals surface area contributed by atoms with Crippen molar-refractivity contribution in [1.29, 1.82) is 0 Å². The van der Waals surface area contributed by atoms with Crippen molar-refractivity contribution in [1.82, 2.24) is 29.7 Å². The maximum Gasteiger partial charge on any atom is 0.339 e. The largest absolute Gasteiger partial charge is 0.454 e. The van der Waals surface area contributed by atoms with Gasteiger partial charge in [0.1, 0.15) is 0 Å². The average molecular weight is 404 g/mol. The van der Waals surface area contributed by atoms with E-state index in [9.17, 15) is 4.79 Å². The third-order valence-corrected chi connectivity index (χ3v) is 4.39. The zero-order chi connectivity index (χ0) is 21.3. The molecule has 1 aromatic carbocycles. The van der Waals surface area contributed by atoms with Crippen LogP contribution >= 0.6 is 0 Å². The lowest BCUT2D eigenvalue weighted by Gasteiger charge is -2.11. The summed E-state index contributed by atoms with van der Waals surface area (Å²) in [4.78, 5) is 29.2. The highest BCUT2D eigenvalue weighted by Gasteiger charge is 2.20. The summed E-state index contributed by atoms with van der Waals surface area (Å²) in [5.41, 5.74) is 13.6. The third kappa shape index (κ3) is 3.75. The number of hydrogen-bond donors (Lipinski definition) is 2. The summed E-state index contributed by atoms with van der Waals surface area (Å²) in [6, 6.07) is 11.4. The lowest BCUT2D eigenvalue weighted by Crippen LogP contribution is -2.12. The summed E-state index contributed by atoms with van der Waals surface area (Å²) in [7, 11) is 0. The fourth-order valence-corrected chi connectivity index (χ4v) is 3.05. The standard InChI is InChI=1S/C20H20N8O2/c1-11(2)28-17-14(9-23-28)13(8-15(24-17)12-6-4-3-5-7-12)18(29)30-10-16-25-19(21)27-20(22)26-16/h3-9,11H,10H2,1-2H3,(H4,21,22,25,26,27). The van der Waals surface area contributed by atoms with Crippen molar-refractivity contribution in [3.8, 4) is 11.3 Å². The second-order valence-corrected chi connectivity index (χ2v) is 6.89. The molecule has 0 radical (unpaired) electrons. The number of ether oxygens (including phenoxy) is 1. The van der Waals surface area contributed by atoms with Crippen LogP contribution in [0.5, 0.6) is 0 Å². The topological polar surface area (TPSA) is 148 Å². The van der Waals surface area contributed by atoms with E-state index in [-0.39, 0.29) is 30.4 Å². The Hall–Kier alpha value is -4.08. The van der Waals surface area contributed by atoms with Gasteiger partial charge >= 0.3 is 5.97 Å². The summed E-state index contributed by atoms with van der Waals surface area (Å²) in [6.45, 7) is 3.80. The van der Waals surface area contributed by atoms with Crippen LogP contribution in [0.4, 0.5) is 11.9 Å². The highest BCUT2D eigenvalue weighted by Crippen LogP contribution is 2.27. The van der Waals surface area contributed by atoms with Gasteiger partial charge in [0.25, 0.3) is 0 Å². The van der Waals surface area contributed by atoms with Crippen LogP contribution in [0.2, 0.25) is 0 Å². The van der Waals surface area contributed by atoms with Crippen LogP contribution in [0.25, 0.3) is 22.3 Å². The van der Waals surface area contributed by atoms with Crippen LogP contribution in [-0.4, -0.2) is 35.7 Å². The zero-order valence-electron chi connectivity index (χ0n) is 16.5. The summed E-state index contributed by atoms with van der Waals surface area (Å²) >= 11 is 0. The van der Waals surface area contributed by atoms with Crippen molar-refractivity contribution < 1.29 is 9.53 Å². The summed E-state index contributed by atoms with van der Waals surface area (Å²) in [6.07, 6.45) is 1.62. The third-order valence-electron chi connectivity index (χ3n) is 4.39. The number of esters is 1. The number of nitrogens with two attached hydrogens (primary N) is 2. The predicted molar refractivity (Wildman–Crippen MR) is 111 cm³/mol. The quantitative estimate of drug-likeness (QED) is 0.478. The molecule has 4 rings (SSSR count). The molecule has 0 fully saturated rings. The molecule has 10 nitrogen and oxygen atoms in total. The van der Waals surface area contributed by atoms with Gasteiger partial charge < -0.3 is 16.2 Å². The molecular weight excluding hydrogens is 384 g/mol. The highest BCUT2D eigenvalue weighted by molar-refractivity contribution is 6.03. The Morgan fingerprint density at radius 3 is 2.43 bits per heavy atom. The number of aromatic nitrogens is 6. The molecule has 4 aromatic rings. The first-order valence-corrected chi connectivity index (χ1v) is 9.29. The molecule has 0 bridgehead atoms. The molecule has 0 aliphatic heterocycles. The predicted octanol–water partition coefficient (Wildman–Crippen LogP) is 2.39. The van der Waals surface area contributed by atoms with Gasteiger partial charge in [0.2, 0.25) is 11.9 Å². The molecule has 0 saturated carbocycles. The maximum absolute atomic E-state index is 12.9. The first-order chi connectivity index (χ1) is 14.4. The van der Waals surface area contributed by atoms with Crippen LogP contribution in [0, 0.1) is 0 Å². The number of carbonyl (C=O) groups is 1. The van der Waals surface area contributed by atoms with Crippen LogP contribution < -0.4 is 11.5 Å². The van der Waals surface area contributed by atoms with Crippen molar-refractivity contribution in [3.63, 3.8) is 0 Å². The van der Waals surface area contributed by atoms with Crippen molar-refractivity contribution in [2.75, 3.05) is 11.5 Å². The monoisotopic (exact) mass is 404 g/mol. The van der Waals surface area contributed by atoms with Crippen molar-refractivity contribution in [3.05, 3.63) is 54.0 Å². The zero-order valence-corrected chi connectivity index (χ0v) is 16.5. The number of rotatable bonds is 5. The van der Waals surface area contributed by atoms with E-state index < -0.39 is 5.97 Å². The lowest BCUT2D eigenvalue weighted by atomic mass is 10.1. The van der Waals surface area contributed by atoms with E-state index in [1.807, 2.05) is 44.2 Å². The van der Waals surface area contributed by atoms with E-state index in [4.69, 9.17) is 21.2 Å². The minimum Gasteiger partial charge on any atom is -0.454 e. The van der Waals surface area contributed by atoms with Gasteiger partial charge in [-0.05, 0) is 19.9 Å². The minimum atomic E-state index is -0.555. The van der Waals surface area contributed by atoms with Gasteiger partial charge in [-0.3, -0.25) is 0 Å². The number of fused-ring (bicyclic) bond motifs is 1. The van der Waals surface area contributed by atoms with Gasteiger partial charge in [-0.15, -0.1) is 0 Å². The van der Waals surface area contributed by atoms with Crippen molar-refractivity contribution in [2.24, 2.45) is 0 Å². The number of nitrogens with zero attached hydrogens (tertiary/aromatic N) is 6. The summed E-state index contributed by atoms with van der Waals surface area (Å²) in [5.74, 6) is -0.464. The molecule has 30 heavy (non-hydrogen) atoms. The summed E-state index contributed by atoms with van der Waals surface area (Å²) in [5, 5.41) is 4.99. The van der Waals surface area contributed by atoms with Crippen LogP contribution in [0.3, 0.4) is 0 Å². The average Bonchev–Trinajstić information content (AvgIpc) is 3.15. The van der Waals surface area contributed by atoms with E-state index in [2.05, 4.69) is 20.1 Å². The molecule has 3 aromatic heterocycles. The van der Waals surface area contributed by atoms with E-state index in [1.165, 1.54) is 0 Å². The molecule has 0 atom stereocenters. The molecule has 10 heteroatoms. The molecule has 0 amide bonds. The van der Waals surface area contributed by atoms with Crippen LogP contribution in [-0.2, 0) is 11.3 Å². The van der Waals surface area contributed by atoms with Gasteiger partial charge in [0.05, 0.1) is 22.8 Å². The van der Waals surface area contributed by atoms with Gasteiger partial charge in [-0.2, -0.15) is 20.1 Å². The van der Waals surface area contributed by atoms with Gasteiger partial charge in [-0.25, -0.2) is 14.5 Å². The normalized spacial score (nSPS) is 11.2. The van der Waals surface area contributed by atoms with Crippen molar-refractivity contribution in [2.45, 2.75) is 26.5 Å². The Kier molecular flexibility index (Phi) is 4.97. The minimum absolute atomic E-state index is 0.0376.